The van der Waals surface area contributed by atoms with Gasteiger partial charge in [0, 0.05) is 36.8 Å². The molecule has 1 atom stereocenters. The van der Waals surface area contributed by atoms with Crippen molar-refractivity contribution in [1.82, 2.24) is 15.0 Å². The molecule has 1 aliphatic heterocycles. The first-order valence-electron chi connectivity index (χ1n) is 7.95. The van der Waals surface area contributed by atoms with Crippen LogP contribution in [0.25, 0.3) is 11.0 Å². The van der Waals surface area contributed by atoms with E-state index in [1.165, 1.54) is 0 Å². The van der Waals surface area contributed by atoms with Crippen LogP contribution in [-0.2, 0) is 0 Å². The van der Waals surface area contributed by atoms with Gasteiger partial charge in [-0.15, -0.1) is 0 Å². The van der Waals surface area contributed by atoms with Crippen molar-refractivity contribution in [2.75, 3.05) is 18.0 Å². The van der Waals surface area contributed by atoms with Crippen LogP contribution in [0.3, 0.4) is 0 Å². The standard InChI is InChI=1S/C18H18N4O/c23-17(15-5-1-2-9-19-15)14-4-3-11-22(12-14)16-7-6-13-8-10-20-18(13)21-16/h1-2,5-10,14H,3-4,11-12H2,(H,20,21)/t14-/m1/s1. The molecule has 0 aliphatic carbocycles. The third kappa shape index (κ3) is 2.70. The molecule has 0 aromatic carbocycles. The second kappa shape index (κ2) is 5.83. The molecule has 0 radical (unpaired) electrons. The number of ketones is 1. The third-order valence-corrected chi connectivity index (χ3v) is 4.43. The quantitative estimate of drug-likeness (QED) is 0.755. The molecular weight excluding hydrogens is 288 g/mol. The lowest BCUT2D eigenvalue weighted by Crippen LogP contribution is -2.39. The number of carbonyl (C=O) groups is 1. The molecule has 4 rings (SSSR count). The first-order valence-corrected chi connectivity index (χ1v) is 7.95. The van der Waals surface area contributed by atoms with Crippen LogP contribution in [-0.4, -0.2) is 33.8 Å². The molecule has 0 unspecified atom stereocenters. The van der Waals surface area contributed by atoms with E-state index >= 15 is 0 Å². The highest BCUT2D eigenvalue weighted by Gasteiger charge is 2.28. The van der Waals surface area contributed by atoms with Crippen molar-refractivity contribution in [1.29, 1.82) is 0 Å². The first-order chi connectivity index (χ1) is 11.3. The molecule has 4 heterocycles. The van der Waals surface area contributed by atoms with Gasteiger partial charge in [0.2, 0.25) is 0 Å². The summed E-state index contributed by atoms with van der Waals surface area (Å²) in [5.41, 5.74) is 1.45. The summed E-state index contributed by atoms with van der Waals surface area (Å²) in [6.45, 7) is 1.64. The maximum Gasteiger partial charge on any atom is 0.185 e. The number of rotatable bonds is 3. The van der Waals surface area contributed by atoms with Gasteiger partial charge < -0.3 is 9.88 Å². The summed E-state index contributed by atoms with van der Waals surface area (Å²) in [4.78, 5) is 26.8. The Morgan fingerprint density at radius 3 is 3.04 bits per heavy atom. The fourth-order valence-corrected chi connectivity index (χ4v) is 3.21. The van der Waals surface area contributed by atoms with Crippen molar-refractivity contribution < 1.29 is 4.79 Å². The number of piperidine rings is 1. The number of hydrogen-bond donors (Lipinski definition) is 1. The van der Waals surface area contributed by atoms with Crippen molar-refractivity contribution in [3.63, 3.8) is 0 Å². The number of hydrogen-bond acceptors (Lipinski definition) is 4. The van der Waals surface area contributed by atoms with Crippen LogP contribution in [0.5, 0.6) is 0 Å². The van der Waals surface area contributed by atoms with E-state index in [9.17, 15) is 4.79 Å². The lowest BCUT2D eigenvalue weighted by Gasteiger charge is -2.32. The number of Topliss-reactive ketones (excluding diaryl/α,β-unsaturated/α-hetero) is 1. The predicted molar refractivity (Wildman–Crippen MR) is 89.6 cm³/mol. The Kier molecular flexibility index (Phi) is 3.54. The molecule has 116 valence electrons. The van der Waals surface area contributed by atoms with Crippen LogP contribution >= 0.6 is 0 Å². The number of fused-ring (bicyclic) bond motifs is 1. The van der Waals surface area contributed by atoms with Crippen LogP contribution in [0.15, 0.2) is 48.8 Å². The van der Waals surface area contributed by atoms with Crippen molar-refractivity contribution in [2.24, 2.45) is 5.92 Å². The monoisotopic (exact) mass is 306 g/mol. The van der Waals surface area contributed by atoms with Gasteiger partial charge in [0.15, 0.2) is 5.78 Å². The Hall–Kier alpha value is -2.69. The summed E-state index contributed by atoms with van der Waals surface area (Å²) >= 11 is 0. The molecule has 23 heavy (non-hydrogen) atoms. The maximum atomic E-state index is 12.6. The largest absolute Gasteiger partial charge is 0.356 e. The van der Waals surface area contributed by atoms with Gasteiger partial charge >= 0.3 is 0 Å². The molecule has 1 saturated heterocycles. The minimum atomic E-state index is -0.0141. The van der Waals surface area contributed by atoms with E-state index in [2.05, 4.69) is 25.9 Å². The molecule has 0 bridgehead atoms. The molecule has 5 heteroatoms. The van der Waals surface area contributed by atoms with Crippen LogP contribution in [0.2, 0.25) is 0 Å². The fraction of sp³-hybridized carbons (Fsp3) is 0.278. The molecule has 3 aromatic heterocycles. The first kappa shape index (κ1) is 13.9. The second-order valence-corrected chi connectivity index (χ2v) is 5.95. The summed E-state index contributed by atoms with van der Waals surface area (Å²) in [7, 11) is 0. The normalized spacial score (nSPS) is 18.3. The van der Waals surface area contributed by atoms with Gasteiger partial charge in [0.25, 0.3) is 0 Å². The van der Waals surface area contributed by atoms with E-state index in [0.717, 1.165) is 36.2 Å². The summed E-state index contributed by atoms with van der Waals surface area (Å²) < 4.78 is 0. The number of carbonyl (C=O) groups excluding carboxylic acids is 1. The van der Waals surface area contributed by atoms with Gasteiger partial charge in [-0.25, -0.2) is 4.98 Å². The maximum absolute atomic E-state index is 12.6. The number of pyridine rings is 2. The Morgan fingerprint density at radius 1 is 1.22 bits per heavy atom. The fourth-order valence-electron chi connectivity index (χ4n) is 3.21. The molecule has 3 aromatic rings. The SMILES string of the molecule is O=C(c1ccccn1)[C@@H]1CCCN(c2ccc3cc[nH]c3n2)C1. The van der Waals surface area contributed by atoms with E-state index in [0.29, 0.717) is 12.2 Å². The van der Waals surface area contributed by atoms with E-state index in [4.69, 9.17) is 0 Å². The zero-order valence-corrected chi connectivity index (χ0v) is 12.8. The molecule has 1 aliphatic rings. The van der Waals surface area contributed by atoms with Crippen molar-refractivity contribution in [3.05, 3.63) is 54.5 Å². The van der Waals surface area contributed by atoms with Gasteiger partial charge in [-0.05, 0) is 43.2 Å². The molecular formula is C18H18N4O. The van der Waals surface area contributed by atoms with Crippen LogP contribution in [0.1, 0.15) is 23.3 Å². The van der Waals surface area contributed by atoms with E-state index in [1.54, 1.807) is 12.3 Å². The van der Waals surface area contributed by atoms with Gasteiger partial charge in [0.05, 0.1) is 0 Å². The van der Waals surface area contributed by atoms with Crippen molar-refractivity contribution in [2.45, 2.75) is 12.8 Å². The van der Waals surface area contributed by atoms with E-state index in [-0.39, 0.29) is 11.7 Å². The Bertz CT molecular complexity index is 827. The number of nitrogens with zero attached hydrogens (tertiary/aromatic N) is 3. The second-order valence-electron chi connectivity index (χ2n) is 5.95. The van der Waals surface area contributed by atoms with Gasteiger partial charge in [-0.3, -0.25) is 9.78 Å². The van der Waals surface area contributed by atoms with Gasteiger partial charge in [-0.1, -0.05) is 6.07 Å². The number of anilines is 1. The smallest absolute Gasteiger partial charge is 0.185 e. The minimum absolute atomic E-state index is 0.0141. The molecule has 5 nitrogen and oxygen atoms in total. The zero-order valence-electron chi connectivity index (χ0n) is 12.8. The van der Waals surface area contributed by atoms with Crippen molar-refractivity contribution >= 4 is 22.6 Å². The van der Waals surface area contributed by atoms with Crippen molar-refractivity contribution in [3.8, 4) is 0 Å². The Balaban J connectivity index is 1.55. The highest BCUT2D eigenvalue weighted by molar-refractivity contribution is 5.96. The van der Waals surface area contributed by atoms with Gasteiger partial charge in [0.1, 0.15) is 17.2 Å². The molecule has 1 fully saturated rings. The zero-order chi connectivity index (χ0) is 15.6. The Morgan fingerprint density at radius 2 is 2.17 bits per heavy atom. The lowest BCUT2D eigenvalue weighted by molar-refractivity contribution is 0.0902. The molecule has 1 N–H and O–H groups in total. The summed E-state index contributed by atoms with van der Waals surface area (Å²) in [5, 5.41) is 1.10. The van der Waals surface area contributed by atoms with E-state index in [1.807, 2.05) is 30.5 Å². The van der Waals surface area contributed by atoms with Crippen LogP contribution in [0, 0.1) is 5.92 Å². The summed E-state index contributed by atoms with van der Waals surface area (Å²) in [5.74, 6) is 1.05. The van der Waals surface area contributed by atoms with Crippen LogP contribution in [0.4, 0.5) is 5.82 Å². The minimum Gasteiger partial charge on any atom is -0.356 e. The van der Waals surface area contributed by atoms with E-state index < -0.39 is 0 Å². The number of nitrogens with one attached hydrogen (secondary N) is 1. The lowest BCUT2D eigenvalue weighted by atomic mass is 9.92. The third-order valence-electron chi connectivity index (χ3n) is 4.43. The summed E-state index contributed by atoms with van der Waals surface area (Å²) in [6.07, 6.45) is 5.48. The van der Waals surface area contributed by atoms with Gasteiger partial charge in [-0.2, -0.15) is 0 Å². The number of H-pyrrole nitrogens is 1. The Labute approximate surface area is 134 Å². The molecule has 0 amide bonds. The highest BCUT2D eigenvalue weighted by atomic mass is 16.1. The topological polar surface area (TPSA) is 61.9 Å². The highest BCUT2D eigenvalue weighted by Crippen LogP contribution is 2.25. The number of aromatic amines is 1. The number of aromatic nitrogens is 3. The average molecular weight is 306 g/mol. The predicted octanol–water partition coefficient (Wildman–Crippen LogP) is 3.06. The average Bonchev–Trinajstić information content (AvgIpc) is 3.09. The molecule has 0 spiro atoms. The molecule has 0 saturated carbocycles. The van der Waals surface area contributed by atoms with Crippen LogP contribution < -0.4 is 4.90 Å². The summed E-state index contributed by atoms with van der Waals surface area (Å²) in [6, 6.07) is 11.6.